The highest BCUT2D eigenvalue weighted by Crippen LogP contribution is 2.41. The highest BCUT2D eigenvalue weighted by atomic mass is 16.5. The maximum absolute atomic E-state index is 9.81. The summed E-state index contributed by atoms with van der Waals surface area (Å²) < 4.78 is 6.25. The van der Waals surface area contributed by atoms with Crippen molar-refractivity contribution in [2.24, 2.45) is 5.92 Å². The summed E-state index contributed by atoms with van der Waals surface area (Å²) in [6, 6.07) is 0. The third-order valence-corrected chi connectivity index (χ3v) is 5.38. The van der Waals surface area contributed by atoms with E-state index >= 15 is 0 Å². The van der Waals surface area contributed by atoms with Gasteiger partial charge in [-0.2, -0.15) is 0 Å². The molecule has 1 heterocycles. The summed E-state index contributed by atoms with van der Waals surface area (Å²) in [6.45, 7) is 8.81. The molecule has 1 saturated heterocycles. The Labute approximate surface area is 136 Å². The van der Waals surface area contributed by atoms with Gasteiger partial charge < -0.3 is 9.84 Å². The standard InChI is InChI=1S/C20H32O2/c1-15-7-5-8-16(2)11-12-18-13-19(17(3)10-6-9-15)22-20(18,4)14-21/h7,10-11,18-19,21H,5-6,8-9,12-14H2,1-4H3/b15-7+,16-11+,17-10+/t18-,19+,20+/m0/s1. The van der Waals surface area contributed by atoms with Gasteiger partial charge in [0.25, 0.3) is 0 Å². The van der Waals surface area contributed by atoms with Crippen molar-refractivity contribution in [2.45, 2.75) is 77.9 Å². The van der Waals surface area contributed by atoms with Crippen molar-refractivity contribution < 1.29 is 9.84 Å². The number of rotatable bonds is 1. The Morgan fingerprint density at radius 1 is 1.09 bits per heavy atom. The van der Waals surface area contributed by atoms with Gasteiger partial charge in [-0.3, -0.25) is 0 Å². The molecule has 2 heteroatoms. The van der Waals surface area contributed by atoms with Crippen LogP contribution in [0.5, 0.6) is 0 Å². The van der Waals surface area contributed by atoms with E-state index in [1.165, 1.54) is 16.7 Å². The van der Waals surface area contributed by atoms with Crippen LogP contribution in [0.4, 0.5) is 0 Å². The van der Waals surface area contributed by atoms with E-state index in [0.717, 1.165) is 38.5 Å². The maximum atomic E-state index is 9.81. The summed E-state index contributed by atoms with van der Waals surface area (Å²) >= 11 is 0. The molecule has 2 nitrogen and oxygen atoms in total. The van der Waals surface area contributed by atoms with Crippen LogP contribution in [0, 0.1) is 5.92 Å². The quantitative estimate of drug-likeness (QED) is 0.695. The molecule has 0 amide bonds. The Kier molecular flexibility index (Phi) is 6.05. The molecule has 3 atom stereocenters. The van der Waals surface area contributed by atoms with Crippen molar-refractivity contribution in [3.05, 3.63) is 34.9 Å². The Bertz CT molecular complexity index is 472. The summed E-state index contributed by atoms with van der Waals surface area (Å²) in [5, 5.41) is 9.81. The molecule has 2 aliphatic rings. The minimum atomic E-state index is -0.398. The average Bonchev–Trinajstić information content (AvgIpc) is 2.82. The van der Waals surface area contributed by atoms with Gasteiger partial charge in [-0.25, -0.2) is 0 Å². The molecule has 2 rings (SSSR count). The molecule has 1 aliphatic heterocycles. The summed E-state index contributed by atoms with van der Waals surface area (Å²) in [5.74, 6) is 0.404. The van der Waals surface area contributed by atoms with Gasteiger partial charge in [0.05, 0.1) is 18.3 Å². The van der Waals surface area contributed by atoms with Crippen LogP contribution in [0.3, 0.4) is 0 Å². The van der Waals surface area contributed by atoms with Crippen molar-refractivity contribution in [1.29, 1.82) is 0 Å². The van der Waals surface area contributed by atoms with Crippen molar-refractivity contribution in [3.63, 3.8) is 0 Å². The fourth-order valence-electron chi connectivity index (χ4n) is 3.52. The number of allylic oxidation sites excluding steroid dienone is 5. The first kappa shape index (κ1) is 17.5. The predicted octanol–water partition coefficient (Wildman–Crippen LogP) is 4.95. The minimum Gasteiger partial charge on any atom is -0.393 e. The number of hydrogen-bond donors (Lipinski definition) is 1. The van der Waals surface area contributed by atoms with Gasteiger partial charge in [-0.05, 0) is 77.7 Å². The zero-order valence-corrected chi connectivity index (χ0v) is 14.7. The summed E-state index contributed by atoms with van der Waals surface area (Å²) in [6.07, 6.45) is 13.8. The Morgan fingerprint density at radius 2 is 1.73 bits per heavy atom. The molecule has 2 bridgehead atoms. The van der Waals surface area contributed by atoms with E-state index in [2.05, 4.69) is 45.9 Å². The summed E-state index contributed by atoms with van der Waals surface area (Å²) in [7, 11) is 0. The molecular weight excluding hydrogens is 272 g/mol. The smallest absolute Gasteiger partial charge is 0.0924 e. The van der Waals surface area contributed by atoms with Crippen LogP contribution in [0.2, 0.25) is 0 Å². The number of aliphatic hydroxyl groups excluding tert-OH is 1. The third-order valence-electron chi connectivity index (χ3n) is 5.38. The first-order valence-corrected chi connectivity index (χ1v) is 8.71. The van der Waals surface area contributed by atoms with E-state index in [0.29, 0.717) is 5.92 Å². The van der Waals surface area contributed by atoms with Crippen molar-refractivity contribution in [3.8, 4) is 0 Å². The number of hydrogen-bond acceptors (Lipinski definition) is 2. The molecular formula is C20H32O2. The zero-order chi connectivity index (χ0) is 16.2. The SMILES string of the molecule is C/C1=C\CC/C(C)=C/C[C@H]2C[C@@H](O[C@]2(C)CO)/C(C)=C/CC1. The second-order valence-electron chi connectivity index (χ2n) is 7.37. The van der Waals surface area contributed by atoms with Gasteiger partial charge in [0, 0.05) is 0 Å². The van der Waals surface area contributed by atoms with Crippen LogP contribution >= 0.6 is 0 Å². The average molecular weight is 304 g/mol. The highest BCUT2D eigenvalue weighted by Gasteiger charge is 2.44. The van der Waals surface area contributed by atoms with E-state index in [9.17, 15) is 5.11 Å². The van der Waals surface area contributed by atoms with E-state index in [1.54, 1.807) is 0 Å². The van der Waals surface area contributed by atoms with Crippen LogP contribution < -0.4 is 0 Å². The molecule has 0 aromatic carbocycles. The van der Waals surface area contributed by atoms with Gasteiger partial charge in [-0.15, -0.1) is 0 Å². The Balaban J connectivity index is 2.21. The van der Waals surface area contributed by atoms with Gasteiger partial charge >= 0.3 is 0 Å². The zero-order valence-electron chi connectivity index (χ0n) is 14.7. The lowest BCUT2D eigenvalue weighted by Crippen LogP contribution is -2.36. The Morgan fingerprint density at radius 3 is 2.41 bits per heavy atom. The number of ether oxygens (including phenoxy) is 1. The van der Waals surface area contributed by atoms with E-state index < -0.39 is 5.60 Å². The lowest BCUT2D eigenvalue weighted by atomic mass is 9.84. The largest absolute Gasteiger partial charge is 0.393 e. The maximum Gasteiger partial charge on any atom is 0.0924 e. The van der Waals surface area contributed by atoms with Crippen LogP contribution in [-0.4, -0.2) is 23.4 Å². The first-order valence-electron chi connectivity index (χ1n) is 8.71. The topological polar surface area (TPSA) is 29.5 Å². The molecule has 0 saturated carbocycles. The lowest BCUT2D eigenvalue weighted by molar-refractivity contribution is -0.0676. The fourth-order valence-corrected chi connectivity index (χ4v) is 3.52. The molecule has 124 valence electrons. The van der Waals surface area contributed by atoms with Crippen molar-refractivity contribution >= 4 is 0 Å². The first-order chi connectivity index (χ1) is 10.4. The molecule has 1 aliphatic carbocycles. The van der Waals surface area contributed by atoms with Crippen molar-refractivity contribution in [2.75, 3.05) is 6.61 Å². The summed E-state index contributed by atoms with van der Waals surface area (Å²) in [4.78, 5) is 0. The molecule has 0 radical (unpaired) electrons. The molecule has 22 heavy (non-hydrogen) atoms. The second-order valence-corrected chi connectivity index (χ2v) is 7.37. The predicted molar refractivity (Wildman–Crippen MR) is 92.8 cm³/mol. The minimum absolute atomic E-state index is 0.106. The van der Waals surface area contributed by atoms with Crippen LogP contribution in [0.25, 0.3) is 0 Å². The van der Waals surface area contributed by atoms with Gasteiger partial charge in [0.1, 0.15) is 0 Å². The van der Waals surface area contributed by atoms with E-state index in [1.807, 2.05) is 0 Å². The normalized spacial score (nSPS) is 41.6. The lowest BCUT2D eigenvalue weighted by Gasteiger charge is -2.28. The third kappa shape index (κ3) is 4.33. The molecule has 1 fully saturated rings. The Hall–Kier alpha value is -0.860. The van der Waals surface area contributed by atoms with Crippen LogP contribution in [-0.2, 0) is 4.74 Å². The van der Waals surface area contributed by atoms with Gasteiger partial charge in [0.2, 0.25) is 0 Å². The monoisotopic (exact) mass is 304 g/mol. The van der Waals surface area contributed by atoms with Crippen molar-refractivity contribution in [1.82, 2.24) is 0 Å². The summed E-state index contributed by atoms with van der Waals surface area (Å²) in [5.41, 5.74) is 3.87. The number of aliphatic hydroxyl groups is 1. The van der Waals surface area contributed by atoms with E-state index in [-0.39, 0.29) is 12.7 Å². The van der Waals surface area contributed by atoms with Crippen LogP contribution in [0.1, 0.15) is 66.2 Å². The molecule has 0 aromatic heterocycles. The molecule has 0 unspecified atom stereocenters. The fraction of sp³-hybridized carbons (Fsp3) is 0.700. The second kappa shape index (κ2) is 7.61. The highest BCUT2D eigenvalue weighted by molar-refractivity contribution is 5.14. The van der Waals surface area contributed by atoms with E-state index in [4.69, 9.17) is 4.74 Å². The number of fused-ring (bicyclic) bond motifs is 2. The molecule has 0 aromatic rings. The molecule has 0 spiro atoms. The van der Waals surface area contributed by atoms with Gasteiger partial charge in [-0.1, -0.05) is 29.4 Å². The van der Waals surface area contributed by atoms with Crippen LogP contribution in [0.15, 0.2) is 34.9 Å². The van der Waals surface area contributed by atoms with Gasteiger partial charge in [0.15, 0.2) is 0 Å². The molecule has 1 N–H and O–H groups in total.